The van der Waals surface area contributed by atoms with E-state index in [-0.39, 0.29) is 18.4 Å². The molecule has 0 bridgehead atoms. The molecular weight excluding hydrogens is 432 g/mol. The highest BCUT2D eigenvalue weighted by atomic mass is 79.9. The number of aryl methyl sites for hydroxylation is 1. The summed E-state index contributed by atoms with van der Waals surface area (Å²) in [5.41, 5.74) is 4.27. The van der Waals surface area contributed by atoms with Gasteiger partial charge in [-0.15, -0.1) is 0 Å². The Morgan fingerprint density at radius 3 is 2.45 bits per heavy atom. The van der Waals surface area contributed by atoms with Crippen molar-refractivity contribution in [2.45, 2.75) is 13.8 Å². The zero-order valence-corrected chi connectivity index (χ0v) is 17.7. The second kappa shape index (κ2) is 9.34. The monoisotopic (exact) mass is 452 g/mol. The van der Waals surface area contributed by atoms with Gasteiger partial charge in [0.1, 0.15) is 0 Å². The van der Waals surface area contributed by atoms with Gasteiger partial charge >= 0.3 is 0 Å². The van der Waals surface area contributed by atoms with E-state index in [1.54, 1.807) is 18.2 Å². The smallest absolute Gasteiger partial charge is 0.244 e. The van der Waals surface area contributed by atoms with Crippen molar-refractivity contribution in [1.82, 2.24) is 15.1 Å². The van der Waals surface area contributed by atoms with Crippen LogP contribution in [0.5, 0.6) is 0 Å². The topological polar surface area (TPSA) is 76.0 Å². The Morgan fingerprint density at radius 2 is 1.76 bits per heavy atom. The lowest BCUT2D eigenvalue weighted by molar-refractivity contribution is -0.121. The average Bonchev–Trinajstić information content (AvgIpc) is 3.01. The number of para-hydroxylation sites is 1. The second-order valence-electron chi connectivity index (χ2n) is 6.44. The van der Waals surface area contributed by atoms with Crippen LogP contribution in [0.1, 0.15) is 17.0 Å². The Labute approximate surface area is 177 Å². The second-order valence-corrected chi connectivity index (χ2v) is 7.35. The molecule has 0 fully saturated rings. The van der Waals surface area contributed by atoms with Crippen molar-refractivity contribution >= 4 is 39.5 Å². The van der Waals surface area contributed by atoms with Gasteiger partial charge in [-0.05, 0) is 56.3 Å². The molecule has 0 radical (unpaired) electrons. The predicted molar refractivity (Wildman–Crippen MR) is 118 cm³/mol. The molecule has 0 saturated heterocycles. The molecule has 0 unspecified atom stereocenters. The fourth-order valence-electron chi connectivity index (χ4n) is 2.84. The summed E-state index contributed by atoms with van der Waals surface area (Å²) < 4.78 is 2.77. The van der Waals surface area contributed by atoms with E-state index in [0.29, 0.717) is 5.69 Å². The normalized spacial score (nSPS) is 10.9. The average molecular weight is 453 g/mol. The van der Waals surface area contributed by atoms with Gasteiger partial charge in [-0.2, -0.15) is 5.10 Å². The SMILES string of the molecule is Cc1nn(-c2ccccc2)c(C)c1/C=C/C(=O)NCC(=O)Nc1ccc(Br)cc1. The molecule has 2 amide bonds. The van der Waals surface area contributed by atoms with Crippen LogP contribution >= 0.6 is 15.9 Å². The third-order valence-corrected chi connectivity index (χ3v) is 4.83. The Kier molecular flexibility index (Phi) is 6.61. The van der Waals surface area contributed by atoms with Crippen LogP contribution < -0.4 is 10.6 Å². The molecule has 0 atom stereocenters. The summed E-state index contributed by atoms with van der Waals surface area (Å²) in [5, 5.41) is 9.87. The van der Waals surface area contributed by atoms with E-state index in [1.165, 1.54) is 6.08 Å². The van der Waals surface area contributed by atoms with Crippen molar-refractivity contribution in [3.05, 3.63) is 82.1 Å². The van der Waals surface area contributed by atoms with Gasteiger partial charge in [0.25, 0.3) is 0 Å². The van der Waals surface area contributed by atoms with Gasteiger partial charge in [0, 0.05) is 27.5 Å². The first kappa shape index (κ1) is 20.5. The first-order chi connectivity index (χ1) is 13.9. The van der Waals surface area contributed by atoms with Crippen LogP contribution in [0, 0.1) is 13.8 Å². The number of nitrogens with one attached hydrogen (secondary N) is 2. The maximum atomic E-state index is 12.1. The van der Waals surface area contributed by atoms with Crippen molar-refractivity contribution < 1.29 is 9.59 Å². The van der Waals surface area contributed by atoms with Gasteiger partial charge in [-0.1, -0.05) is 34.1 Å². The van der Waals surface area contributed by atoms with Crippen LogP contribution in [0.25, 0.3) is 11.8 Å². The van der Waals surface area contributed by atoms with E-state index < -0.39 is 0 Å². The number of carbonyl (C=O) groups is 2. The summed E-state index contributed by atoms with van der Waals surface area (Å²) in [6, 6.07) is 17.0. The summed E-state index contributed by atoms with van der Waals surface area (Å²) in [6.45, 7) is 3.74. The highest BCUT2D eigenvalue weighted by Gasteiger charge is 2.11. The Morgan fingerprint density at radius 1 is 1.07 bits per heavy atom. The molecular formula is C22H21BrN4O2. The maximum Gasteiger partial charge on any atom is 0.244 e. The number of hydrogen-bond donors (Lipinski definition) is 2. The minimum absolute atomic E-state index is 0.111. The van der Waals surface area contributed by atoms with Crippen molar-refractivity contribution in [3.8, 4) is 5.69 Å². The van der Waals surface area contributed by atoms with Gasteiger partial charge in [0.15, 0.2) is 0 Å². The van der Waals surface area contributed by atoms with E-state index >= 15 is 0 Å². The number of hydrogen-bond acceptors (Lipinski definition) is 3. The quantitative estimate of drug-likeness (QED) is 0.554. The fourth-order valence-corrected chi connectivity index (χ4v) is 3.10. The zero-order chi connectivity index (χ0) is 20.8. The van der Waals surface area contributed by atoms with Gasteiger partial charge in [0.05, 0.1) is 17.9 Å². The molecule has 29 heavy (non-hydrogen) atoms. The van der Waals surface area contributed by atoms with Crippen molar-refractivity contribution in [3.63, 3.8) is 0 Å². The van der Waals surface area contributed by atoms with Crippen LogP contribution in [-0.4, -0.2) is 28.1 Å². The third kappa shape index (κ3) is 5.42. The highest BCUT2D eigenvalue weighted by molar-refractivity contribution is 9.10. The van der Waals surface area contributed by atoms with Crippen molar-refractivity contribution in [1.29, 1.82) is 0 Å². The summed E-state index contributed by atoms with van der Waals surface area (Å²) in [4.78, 5) is 24.1. The number of anilines is 1. The summed E-state index contributed by atoms with van der Waals surface area (Å²) in [7, 11) is 0. The molecule has 2 aromatic carbocycles. The van der Waals surface area contributed by atoms with E-state index in [2.05, 4.69) is 31.7 Å². The van der Waals surface area contributed by atoms with Crippen LogP contribution in [0.3, 0.4) is 0 Å². The molecule has 2 N–H and O–H groups in total. The van der Waals surface area contributed by atoms with Crippen molar-refractivity contribution in [2.24, 2.45) is 0 Å². The third-order valence-electron chi connectivity index (χ3n) is 4.30. The molecule has 0 spiro atoms. The van der Waals surface area contributed by atoms with Gasteiger partial charge in [-0.25, -0.2) is 4.68 Å². The molecule has 1 heterocycles. The molecule has 3 aromatic rings. The van der Waals surface area contributed by atoms with Crippen LogP contribution in [0.2, 0.25) is 0 Å². The van der Waals surface area contributed by atoms with Crippen molar-refractivity contribution in [2.75, 3.05) is 11.9 Å². The van der Waals surface area contributed by atoms with Crippen LogP contribution in [0.4, 0.5) is 5.69 Å². The minimum Gasteiger partial charge on any atom is -0.343 e. The van der Waals surface area contributed by atoms with E-state index in [4.69, 9.17) is 0 Å². The number of nitrogens with zero attached hydrogens (tertiary/aromatic N) is 2. The molecule has 0 aliphatic carbocycles. The minimum atomic E-state index is -0.345. The summed E-state index contributed by atoms with van der Waals surface area (Å²) >= 11 is 3.34. The van der Waals surface area contributed by atoms with E-state index in [1.807, 2.05) is 61.0 Å². The van der Waals surface area contributed by atoms with E-state index in [0.717, 1.165) is 27.1 Å². The molecule has 3 rings (SSSR count). The first-order valence-electron chi connectivity index (χ1n) is 9.07. The molecule has 0 aliphatic heterocycles. The zero-order valence-electron chi connectivity index (χ0n) is 16.1. The highest BCUT2D eigenvalue weighted by Crippen LogP contribution is 2.19. The lowest BCUT2D eigenvalue weighted by Crippen LogP contribution is -2.31. The molecule has 7 heteroatoms. The van der Waals surface area contributed by atoms with Gasteiger partial charge in [-0.3, -0.25) is 9.59 Å². The summed E-state index contributed by atoms with van der Waals surface area (Å²) in [6.07, 6.45) is 3.14. The maximum absolute atomic E-state index is 12.1. The predicted octanol–water partition coefficient (Wildman–Crippen LogP) is 4.02. The van der Waals surface area contributed by atoms with Crippen LogP contribution in [-0.2, 0) is 9.59 Å². The Balaban J connectivity index is 1.58. The first-order valence-corrected chi connectivity index (χ1v) is 9.86. The number of benzene rings is 2. The van der Waals surface area contributed by atoms with Gasteiger partial charge in [0.2, 0.25) is 11.8 Å². The number of aromatic nitrogens is 2. The summed E-state index contributed by atoms with van der Waals surface area (Å²) in [5.74, 6) is -0.638. The largest absolute Gasteiger partial charge is 0.343 e. The van der Waals surface area contributed by atoms with E-state index in [9.17, 15) is 9.59 Å². The molecule has 1 aromatic heterocycles. The molecule has 0 aliphatic rings. The number of halogens is 1. The molecule has 6 nitrogen and oxygen atoms in total. The lowest BCUT2D eigenvalue weighted by Gasteiger charge is -2.06. The molecule has 148 valence electrons. The Bertz CT molecular complexity index is 1040. The number of rotatable bonds is 6. The fraction of sp³-hybridized carbons (Fsp3) is 0.136. The molecule has 0 saturated carbocycles. The Hall–Kier alpha value is -3.19. The standard InChI is InChI=1S/C22H21BrN4O2/c1-15-20(16(2)27(26-15)19-6-4-3-5-7-19)12-13-21(28)24-14-22(29)25-18-10-8-17(23)9-11-18/h3-13H,14H2,1-2H3,(H,24,28)(H,25,29)/b13-12+. The van der Waals surface area contributed by atoms with Gasteiger partial charge < -0.3 is 10.6 Å². The number of carbonyl (C=O) groups excluding carboxylic acids is 2. The number of amides is 2. The van der Waals surface area contributed by atoms with Crippen LogP contribution in [0.15, 0.2) is 65.1 Å². The lowest BCUT2D eigenvalue weighted by atomic mass is 10.2.